The third kappa shape index (κ3) is 5.53. The number of benzene rings is 4. The Morgan fingerprint density at radius 2 is 1.03 bits per heavy atom. The van der Waals surface area contributed by atoms with E-state index >= 15 is 4.57 Å². The predicted octanol–water partition coefficient (Wildman–Crippen LogP) is 5.67. The number of carbonyl (C=O) groups is 2. The van der Waals surface area contributed by atoms with E-state index in [1.807, 2.05) is 111 Å². The van der Waals surface area contributed by atoms with Gasteiger partial charge in [0.05, 0.1) is 5.31 Å². The van der Waals surface area contributed by atoms with E-state index in [1.54, 1.807) is 29.2 Å². The minimum Gasteiger partial charge on any atom is -0.338 e. The second-order valence-electron chi connectivity index (χ2n) is 8.67. The van der Waals surface area contributed by atoms with E-state index in [1.165, 1.54) is 0 Å². The SMILES string of the molecule is CCN(CC)C(=O)C(NC(=O)c1ccccc1)=C(c1ccccc1)P(=O)(c1ccccc1)c1ccccc1. The van der Waals surface area contributed by atoms with E-state index in [0.717, 1.165) is 0 Å². The zero-order valence-corrected chi connectivity index (χ0v) is 22.5. The maximum atomic E-state index is 15.6. The molecule has 0 bridgehead atoms. The second-order valence-corrected chi connectivity index (χ2v) is 11.4. The van der Waals surface area contributed by atoms with Gasteiger partial charge in [-0.05, 0) is 31.5 Å². The Kier molecular flexibility index (Phi) is 8.73. The smallest absolute Gasteiger partial charge is 0.271 e. The highest BCUT2D eigenvalue weighted by Gasteiger charge is 2.38. The van der Waals surface area contributed by atoms with Crippen LogP contribution in [0.1, 0.15) is 29.8 Å². The molecule has 0 atom stereocenters. The number of amides is 2. The molecular formula is C32H31N2O3P. The van der Waals surface area contributed by atoms with Crippen molar-refractivity contribution >= 4 is 34.9 Å². The average Bonchev–Trinajstić information content (AvgIpc) is 2.99. The molecule has 0 aliphatic rings. The van der Waals surface area contributed by atoms with Crippen LogP contribution >= 0.6 is 7.14 Å². The molecule has 38 heavy (non-hydrogen) atoms. The van der Waals surface area contributed by atoms with Gasteiger partial charge < -0.3 is 14.8 Å². The number of carbonyl (C=O) groups excluding carboxylic acids is 2. The summed E-state index contributed by atoms with van der Waals surface area (Å²) >= 11 is 0. The number of likely N-dealkylation sites (N-methyl/N-ethyl adjacent to an activating group) is 1. The van der Waals surface area contributed by atoms with E-state index in [9.17, 15) is 9.59 Å². The van der Waals surface area contributed by atoms with Crippen LogP contribution in [0.15, 0.2) is 127 Å². The molecule has 0 heterocycles. The zero-order chi connectivity index (χ0) is 27.0. The van der Waals surface area contributed by atoms with Crippen molar-refractivity contribution in [3.63, 3.8) is 0 Å². The van der Waals surface area contributed by atoms with Gasteiger partial charge in [0.2, 0.25) is 0 Å². The van der Waals surface area contributed by atoms with Crippen molar-refractivity contribution in [1.29, 1.82) is 0 Å². The van der Waals surface area contributed by atoms with Gasteiger partial charge in [-0.2, -0.15) is 0 Å². The van der Waals surface area contributed by atoms with E-state index in [4.69, 9.17) is 0 Å². The van der Waals surface area contributed by atoms with E-state index in [-0.39, 0.29) is 11.6 Å². The van der Waals surface area contributed by atoms with Gasteiger partial charge in [0.25, 0.3) is 11.8 Å². The van der Waals surface area contributed by atoms with E-state index < -0.39 is 13.0 Å². The van der Waals surface area contributed by atoms with Crippen molar-refractivity contribution in [2.24, 2.45) is 0 Å². The number of hydrogen-bond acceptors (Lipinski definition) is 3. The Balaban J connectivity index is 2.10. The monoisotopic (exact) mass is 522 g/mol. The number of nitrogens with zero attached hydrogens (tertiary/aromatic N) is 1. The van der Waals surface area contributed by atoms with Gasteiger partial charge in [0.1, 0.15) is 5.70 Å². The second kappa shape index (κ2) is 12.4. The fraction of sp³-hybridized carbons (Fsp3) is 0.125. The first-order chi connectivity index (χ1) is 18.5. The highest BCUT2D eigenvalue weighted by molar-refractivity contribution is 7.87. The lowest BCUT2D eigenvalue weighted by Crippen LogP contribution is -2.39. The fourth-order valence-electron chi connectivity index (χ4n) is 4.42. The van der Waals surface area contributed by atoms with Crippen LogP contribution in [0.3, 0.4) is 0 Å². The summed E-state index contributed by atoms with van der Waals surface area (Å²) in [5.41, 5.74) is 1.02. The molecule has 4 aromatic carbocycles. The topological polar surface area (TPSA) is 66.5 Å². The molecule has 1 N–H and O–H groups in total. The van der Waals surface area contributed by atoms with Crippen LogP contribution in [0.4, 0.5) is 0 Å². The molecule has 192 valence electrons. The molecule has 0 aliphatic heterocycles. The quantitative estimate of drug-likeness (QED) is 0.228. The molecule has 4 rings (SSSR count). The summed E-state index contributed by atoms with van der Waals surface area (Å²) in [6, 6.07) is 36.3. The van der Waals surface area contributed by atoms with Crippen LogP contribution in [0.25, 0.3) is 5.31 Å². The van der Waals surface area contributed by atoms with Crippen LogP contribution in [0.2, 0.25) is 0 Å². The van der Waals surface area contributed by atoms with Crippen LogP contribution in [-0.2, 0) is 9.36 Å². The van der Waals surface area contributed by atoms with E-state index in [0.29, 0.717) is 40.1 Å². The highest BCUT2D eigenvalue weighted by Crippen LogP contribution is 2.57. The molecule has 0 unspecified atom stereocenters. The minimum absolute atomic E-state index is 0.0183. The lowest BCUT2D eigenvalue weighted by atomic mass is 10.1. The largest absolute Gasteiger partial charge is 0.338 e. The van der Waals surface area contributed by atoms with Gasteiger partial charge in [0.15, 0.2) is 7.14 Å². The lowest BCUT2D eigenvalue weighted by Gasteiger charge is -2.28. The van der Waals surface area contributed by atoms with Gasteiger partial charge in [0, 0.05) is 29.3 Å². The summed E-state index contributed by atoms with van der Waals surface area (Å²) in [7, 11) is -3.66. The third-order valence-corrected chi connectivity index (χ3v) is 9.54. The first-order valence-corrected chi connectivity index (χ1v) is 14.4. The van der Waals surface area contributed by atoms with Gasteiger partial charge >= 0.3 is 0 Å². The molecule has 0 aliphatic carbocycles. The molecule has 5 nitrogen and oxygen atoms in total. The van der Waals surface area contributed by atoms with Crippen LogP contribution in [-0.4, -0.2) is 29.8 Å². The standard InChI is InChI=1S/C32H31N2O3P/c1-3-34(4-2)32(36)29(33-31(35)26-19-11-6-12-20-26)30(25-17-9-5-10-18-25)38(37,27-21-13-7-14-22-27)28-23-15-8-16-24-28/h5-24H,3-4H2,1-2H3,(H,33,35). The molecule has 0 radical (unpaired) electrons. The average molecular weight is 523 g/mol. The predicted molar refractivity (Wildman–Crippen MR) is 155 cm³/mol. The summed E-state index contributed by atoms with van der Waals surface area (Å²) in [6.45, 7) is 4.63. The summed E-state index contributed by atoms with van der Waals surface area (Å²) < 4.78 is 15.6. The summed E-state index contributed by atoms with van der Waals surface area (Å²) in [6.07, 6.45) is 0. The maximum absolute atomic E-state index is 15.6. The molecule has 6 heteroatoms. The van der Waals surface area contributed by atoms with Crippen molar-refractivity contribution < 1.29 is 14.2 Å². The first kappa shape index (κ1) is 26.8. The van der Waals surface area contributed by atoms with Crippen molar-refractivity contribution in [2.75, 3.05) is 13.1 Å². The summed E-state index contributed by atoms with van der Waals surface area (Å²) in [5.74, 6) is -0.826. The Hall–Kier alpha value is -4.21. The fourth-order valence-corrected chi connectivity index (χ4v) is 7.40. The Labute approximate surface area is 224 Å². The maximum Gasteiger partial charge on any atom is 0.271 e. The Morgan fingerprint density at radius 3 is 1.45 bits per heavy atom. The summed E-state index contributed by atoms with van der Waals surface area (Å²) in [4.78, 5) is 29.2. The highest BCUT2D eigenvalue weighted by atomic mass is 31.2. The van der Waals surface area contributed by atoms with Crippen molar-refractivity contribution in [3.05, 3.63) is 138 Å². The molecule has 0 spiro atoms. The third-order valence-electron chi connectivity index (χ3n) is 6.38. The van der Waals surface area contributed by atoms with Gasteiger partial charge in [-0.3, -0.25) is 9.59 Å². The number of hydrogen-bond donors (Lipinski definition) is 1. The van der Waals surface area contributed by atoms with Gasteiger partial charge in [-0.15, -0.1) is 0 Å². The van der Waals surface area contributed by atoms with Crippen LogP contribution in [0.5, 0.6) is 0 Å². The molecule has 0 fully saturated rings. The molecule has 0 aromatic heterocycles. The zero-order valence-electron chi connectivity index (χ0n) is 21.6. The number of nitrogens with one attached hydrogen (secondary N) is 1. The van der Waals surface area contributed by atoms with Crippen molar-refractivity contribution in [1.82, 2.24) is 10.2 Å². The lowest BCUT2D eigenvalue weighted by molar-refractivity contribution is -0.127. The molecule has 2 amide bonds. The molecular weight excluding hydrogens is 491 g/mol. The Morgan fingerprint density at radius 1 is 0.632 bits per heavy atom. The van der Waals surface area contributed by atoms with Crippen LogP contribution in [0, 0.1) is 0 Å². The normalized spacial score (nSPS) is 11.8. The Bertz CT molecular complexity index is 1410. The van der Waals surface area contributed by atoms with Crippen molar-refractivity contribution in [3.8, 4) is 0 Å². The summed E-state index contributed by atoms with van der Waals surface area (Å²) in [5, 5.41) is 4.35. The molecule has 0 saturated heterocycles. The van der Waals surface area contributed by atoms with Gasteiger partial charge in [-0.25, -0.2) is 0 Å². The van der Waals surface area contributed by atoms with Gasteiger partial charge in [-0.1, -0.05) is 109 Å². The van der Waals surface area contributed by atoms with Crippen molar-refractivity contribution in [2.45, 2.75) is 13.8 Å². The van der Waals surface area contributed by atoms with Crippen LogP contribution < -0.4 is 15.9 Å². The number of rotatable bonds is 9. The first-order valence-electron chi connectivity index (χ1n) is 12.7. The molecule has 4 aromatic rings. The van der Waals surface area contributed by atoms with E-state index in [2.05, 4.69) is 5.32 Å². The minimum atomic E-state index is -3.66. The molecule has 0 saturated carbocycles.